The first-order chi connectivity index (χ1) is 10.1. The number of ether oxygens (including phenoxy) is 1. The van der Waals surface area contributed by atoms with Crippen molar-refractivity contribution >= 4 is 35.0 Å². The lowest BCUT2D eigenvalue weighted by Gasteiger charge is -2.16. The highest BCUT2D eigenvalue weighted by Gasteiger charge is 2.16. The van der Waals surface area contributed by atoms with Gasteiger partial charge in [-0.25, -0.2) is 0 Å². The van der Waals surface area contributed by atoms with E-state index >= 15 is 0 Å². The Morgan fingerprint density at radius 2 is 2.00 bits per heavy atom. The Morgan fingerprint density at radius 1 is 1.24 bits per heavy atom. The molecule has 3 nitrogen and oxygen atoms in total. The van der Waals surface area contributed by atoms with Crippen LogP contribution in [0.4, 0.5) is 5.69 Å². The predicted molar refractivity (Wildman–Crippen MR) is 88.4 cm³/mol. The van der Waals surface area contributed by atoms with Gasteiger partial charge in [-0.3, -0.25) is 4.79 Å². The van der Waals surface area contributed by atoms with Gasteiger partial charge in [-0.05, 0) is 43.5 Å². The lowest BCUT2D eigenvalue weighted by Crippen LogP contribution is -2.30. The summed E-state index contributed by atoms with van der Waals surface area (Å²) in [6, 6.07) is 14.6. The predicted octanol–water partition coefficient (Wildman–Crippen LogP) is 4.47. The normalized spacial score (nSPS) is 11.8. The maximum absolute atomic E-state index is 12.2. The van der Waals surface area contributed by atoms with E-state index in [4.69, 9.17) is 16.3 Å². The molecule has 0 spiro atoms. The summed E-state index contributed by atoms with van der Waals surface area (Å²) in [5, 5.41) is 3.46. The van der Waals surface area contributed by atoms with Gasteiger partial charge in [0.1, 0.15) is 5.75 Å². The van der Waals surface area contributed by atoms with E-state index < -0.39 is 6.10 Å². The Morgan fingerprint density at radius 3 is 2.71 bits per heavy atom. The fraction of sp³-hybridized carbons (Fsp3) is 0.188. The van der Waals surface area contributed by atoms with Crippen molar-refractivity contribution in [3.63, 3.8) is 0 Å². The molecule has 21 heavy (non-hydrogen) atoms. The number of hydrogen-bond acceptors (Lipinski definition) is 3. The molecule has 2 aromatic carbocycles. The first-order valence-corrected chi connectivity index (χ1v) is 8.06. The summed E-state index contributed by atoms with van der Waals surface area (Å²) in [4.78, 5) is 13.2. The number of halogens is 1. The average molecular weight is 322 g/mol. The molecule has 2 aromatic rings. The summed E-state index contributed by atoms with van der Waals surface area (Å²) in [6.45, 7) is 1.71. The minimum Gasteiger partial charge on any atom is -0.481 e. The molecule has 1 N–H and O–H groups in total. The number of nitrogens with one attached hydrogen (secondary N) is 1. The maximum atomic E-state index is 12.2. The van der Waals surface area contributed by atoms with E-state index in [1.165, 1.54) is 0 Å². The summed E-state index contributed by atoms with van der Waals surface area (Å²) < 4.78 is 5.60. The van der Waals surface area contributed by atoms with Gasteiger partial charge < -0.3 is 10.1 Å². The molecular formula is C16H16ClNO2S. The summed E-state index contributed by atoms with van der Waals surface area (Å²) in [7, 11) is 0. The number of carbonyl (C=O) groups excluding carboxylic acids is 1. The summed E-state index contributed by atoms with van der Waals surface area (Å²) in [5.41, 5.74) is 0.788. The fourth-order valence-corrected chi connectivity index (χ4v) is 2.51. The second-order valence-electron chi connectivity index (χ2n) is 4.41. The molecule has 0 unspecified atom stereocenters. The SMILES string of the molecule is CSc1ccccc1NC(=O)[C@@H](C)Oc1cccc(Cl)c1. The smallest absolute Gasteiger partial charge is 0.265 e. The van der Waals surface area contributed by atoms with Crippen LogP contribution in [0.15, 0.2) is 53.4 Å². The first-order valence-electron chi connectivity index (χ1n) is 6.46. The molecule has 1 atom stereocenters. The molecule has 0 aliphatic rings. The van der Waals surface area contributed by atoms with Crippen molar-refractivity contribution in [1.29, 1.82) is 0 Å². The molecule has 0 heterocycles. The van der Waals surface area contributed by atoms with Crippen LogP contribution in [-0.4, -0.2) is 18.3 Å². The van der Waals surface area contributed by atoms with E-state index in [2.05, 4.69) is 5.32 Å². The second-order valence-corrected chi connectivity index (χ2v) is 5.69. The fourth-order valence-electron chi connectivity index (χ4n) is 1.78. The molecule has 2 rings (SSSR count). The molecule has 0 saturated carbocycles. The van der Waals surface area contributed by atoms with Gasteiger partial charge in [0.25, 0.3) is 5.91 Å². The van der Waals surface area contributed by atoms with Crippen molar-refractivity contribution in [2.24, 2.45) is 0 Å². The van der Waals surface area contributed by atoms with Gasteiger partial charge in [0, 0.05) is 9.92 Å². The van der Waals surface area contributed by atoms with Crippen LogP contribution in [0.5, 0.6) is 5.75 Å². The molecule has 0 aliphatic heterocycles. The van der Waals surface area contributed by atoms with Gasteiger partial charge in [-0.1, -0.05) is 29.8 Å². The van der Waals surface area contributed by atoms with E-state index in [0.717, 1.165) is 10.6 Å². The molecule has 0 bridgehead atoms. The van der Waals surface area contributed by atoms with Crippen LogP contribution in [0.25, 0.3) is 0 Å². The minimum atomic E-state index is -0.613. The van der Waals surface area contributed by atoms with E-state index in [-0.39, 0.29) is 5.91 Å². The third-order valence-electron chi connectivity index (χ3n) is 2.84. The van der Waals surface area contributed by atoms with Crippen LogP contribution >= 0.6 is 23.4 Å². The van der Waals surface area contributed by atoms with Crippen molar-refractivity contribution in [2.45, 2.75) is 17.9 Å². The van der Waals surface area contributed by atoms with Gasteiger partial charge in [0.2, 0.25) is 0 Å². The van der Waals surface area contributed by atoms with E-state index in [1.54, 1.807) is 43.0 Å². The van der Waals surface area contributed by atoms with Gasteiger partial charge in [0.05, 0.1) is 5.69 Å². The second kappa shape index (κ2) is 7.38. The molecular weight excluding hydrogens is 306 g/mol. The quantitative estimate of drug-likeness (QED) is 0.826. The van der Waals surface area contributed by atoms with Crippen LogP contribution in [0.3, 0.4) is 0 Å². The molecule has 1 amide bonds. The summed E-state index contributed by atoms with van der Waals surface area (Å²) in [6.07, 6.45) is 1.36. The summed E-state index contributed by atoms with van der Waals surface area (Å²) in [5.74, 6) is 0.375. The number of rotatable bonds is 5. The van der Waals surface area contributed by atoms with Crippen LogP contribution in [0.1, 0.15) is 6.92 Å². The number of carbonyl (C=O) groups is 1. The molecule has 0 saturated heterocycles. The molecule has 5 heteroatoms. The zero-order valence-electron chi connectivity index (χ0n) is 11.8. The molecule has 0 aromatic heterocycles. The van der Waals surface area contributed by atoms with Crippen LogP contribution in [0, 0.1) is 0 Å². The van der Waals surface area contributed by atoms with Gasteiger partial charge in [0.15, 0.2) is 6.10 Å². The average Bonchev–Trinajstić information content (AvgIpc) is 2.47. The zero-order valence-corrected chi connectivity index (χ0v) is 13.4. The Balaban J connectivity index is 2.02. The first kappa shape index (κ1) is 15.7. The van der Waals surface area contributed by atoms with Crippen molar-refractivity contribution in [2.75, 3.05) is 11.6 Å². The lowest BCUT2D eigenvalue weighted by atomic mass is 10.3. The lowest BCUT2D eigenvalue weighted by molar-refractivity contribution is -0.122. The van der Waals surface area contributed by atoms with E-state index in [9.17, 15) is 4.79 Å². The Kier molecular flexibility index (Phi) is 5.53. The Hall–Kier alpha value is -1.65. The number of para-hydroxylation sites is 1. The van der Waals surface area contributed by atoms with Gasteiger partial charge >= 0.3 is 0 Å². The highest BCUT2D eigenvalue weighted by Crippen LogP contribution is 2.25. The minimum absolute atomic E-state index is 0.198. The van der Waals surface area contributed by atoms with Crippen LogP contribution in [0.2, 0.25) is 5.02 Å². The van der Waals surface area contributed by atoms with Gasteiger partial charge in [-0.2, -0.15) is 0 Å². The third kappa shape index (κ3) is 4.41. The largest absolute Gasteiger partial charge is 0.481 e. The zero-order chi connectivity index (χ0) is 15.2. The topological polar surface area (TPSA) is 38.3 Å². The molecule has 0 radical (unpaired) electrons. The van der Waals surface area contributed by atoms with Gasteiger partial charge in [-0.15, -0.1) is 11.8 Å². The Labute approximate surface area is 133 Å². The van der Waals surface area contributed by atoms with Crippen molar-refractivity contribution in [3.8, 4) is 5.75 Å². The summed E-state index contributed by atoms with van der Waals surface area (Å²) >= 11 is 7.48. The highest BCUT2D eigenvalue weighted by atomic mass is 35.5. The number of benzene rings is 2. The monoisotopic (exact) mass is 321 g/mol. The standard InChI is InChI=1S/C16H16ClNO2S/c1-11(20-13-7-5-6-12(17)10-13)16(19)18-14-8-3-4-9-15(14)21-2/h3-11H,1-2H3,(H,18,19)/t11-/m1/s1. The van der Waals surface area contributed by atoms with E-state index in [1.807, 2.05) is 30.5 Å². The van der Waals surface area contributed by atoms with Crippen LogP contribution < -0.4 is 10.1 Å². The molecule has 0 fully saturated rings. The number of amides is 1. The Bertz CT molecular complexity index is 633. The van der Waals surface area contributed by atoms with Crippen molar-refractivity contribution in [1.82, 2.24) is 0 Å². The maximum Gasteiger partial charge on any atom is 0.265 e. The van der Waals surface area contributed by atoms with Crippen LogP contribution in [-0.2, 0) is 4.79 Å². The number of anilines is 1. The number of hydrogen-bond donors (Lipinski definition) is 1. The van der Waals surface area contributed by atoms with Crippen molar-refractivity contribution in [3.05, 3.63) is 53.6 Å². The van der Waals surface area contributed by atoms with E-state index in [0.29, 0.717) is 10.8 Å². The number of thioether (sulfide) groups is 1. The van der Waals surface area contributed by atoms with Crippen molar-refractivity contribution < 1.29 is 9.53 Å². The third-order valence-corrected chi connectivity index (χ3v) is 3.87. The molecule has 0 aliphatic carbocycles. The molecule has 110 valence electrons. The highest BCUT2D eigenvalue weighted by molar-refractivity contribution is 7.98.